The standard InChI is InChI=1S/C16H34N2O.C2H6/c1-5-10-17(3)11-9-15(6-2)8-7-12-19-16-13-18(4)14-16;1-2/h15-16H,5-14H2,1-4H3;1-2H3. The number of ether oxygens (including phenoxy) is 1. The average molecular weight is 301 g/mol. The first-order valence-corrected chi connectivity index (χ1v) is 9.14. The van der Waals surface area contributed by atoms with E-state index in [1.165, 1.54) is 45.2 Å². The molecule has 1 saturated heterocycles. The molecule has 1 atom stereocenters. The van der Waals surface area contributed by atoms with Gasteiger partial charge in [0.1, 0.15) is 0 Å². The van der Waals surface area contributed by atoms with Crippen LogP contribution < -0.4 is 0 Å². The molecule has 128 valence electrons. The highest BCUT2D eigenvalue weighted by atomic mass is 16.5. The summed E-state index contributed by atoms with van der Waals surface area (Å²) in [4.78, 5) is 4.77. The van der Waals surface area contributed by atoms with Crippen LogP contribution in [0.5, 0.6) is 0 Å². The fraction of sp³-hybridized carbons (Fsp3) is 1.00. The lowest BCUT2D eigenvalue weighted by atomic mass is 9.96. The first kappa shape index (κ1) is 20.9. The molecule has 0 aliphatic carbocycles. The average Bonchev–Trinajstić information content (AvgIpc) is 2.46. The predicted octanol–water partition coefficient (Wildman–Crippen LogP) is 3.88. The Morgan fingerprint density at radius 2 is 1.81 bits per heavy atom. The van der Waals surface area contributed by atoms with E-state index in [4.69, 9.17) is 4.74 Å². The Kier molecular flexibility index (Phi) is 13.5. The largest absolute Gasteiger partial charge is 0.376 e. The number of likely N-dealkylation sites (N-methyl/N-ethyl adjacent to an activating group) is 1. The third-order valence-corrected chi connectivity index (χ3v) is 4.24. The van der Waals surface area contributed by atoms with E-state index >= 15 is 0 Å². The Labute approximate surface area is 134 Å². The molecular formula is C18H40N2O. The maximum Gasteiger partial charge on any atom is 0.0828 e. The fourth-order valence-corrected chi connectivity index (χ4v) is 2.82. The Hall–Kier alpha value is -0.120. The van der Waals surface area contributed by atoms with E-state index < -0.39 is 0 Å². The minimum absolute atomic E-state index is 0.515. The van der Waals surface area contributed by atoms with Gasteiger partial charge in [-0.3, -0.25) is 0 Å². The Morgan fingerprint density at radius 1 is 1.14 bits per heavy atom. The molecule has 1 aliphatic rings. The normalized spacial score (nSPS) is 17.3. The lowest BCUT2D eigenvalue weighted by Crippen LogP contribution is -2.49. The van der Waals surface area contributed by atoms with E-state index in [1.54, 1.807) is 0 Å². The van der Waals surface area contributed by atoms with Gasteiger partial charge in [0.2, 0.25) is 0 Å². The molecule has 0 N–H and O–H groups in total. The van der Waals surface area contributed by atoms with Crippen LogP contribution in [-0.2, 0) is 4.74 Å². The monoisotopic (exact) mass is 300 g/mol. The zero-order valence-electron chi connectivity index (χ0n) is 15.5. The van der Waals surface area contributed by atoms with E-state index in [2.05, 4.69) is 37.7 Å². The van der Waals surface area contributed by atoms with Crippen molar-refractivity contribution in [3.63, 3.8) is 0 Å². The lowest BCUT2D eigenvalue weighted by Gasteiger charge is -2.35. The second-order valence-electron chi connectivity index (χ2n) is 6.22. The summed E-state index contributed by atoms with van der Waals surface area (Å²) in [6, 6.07) is 0. The predicted molar refractivity (Wildman–Crippen MR) is 94.0 cm³/mol. The molecule has 21 heavy (non-hydrogen) atoms. The Bertz CT molecular complexity index is 217. The van der Waals surface area contributed by atoms with E-state index in [0.717, 1.165) is 25.6 Å². The third-order valence-electron chi connectivity index (χ3n) is 4.24. The van der Waals surface area contributed by atoms with Gasteiger partial charge < -0.3 is 14.5 Å². The zero-order chi connectivity index (χ0) is 16.1. The van der Waals surface area contributed by atoms with E-state index in [-0.39, 0.29) is 0 Å². The smallest absolute Gasteiger partial charge is 0.0828 e. The molecule has 0 radical (unpaired) electrons. The van der Waals surface area contributed by atoms with Crippen molar-refractivity contribution in [2.45, 2.75) is 65.9 Å². The second-order valence-corrected chi connectivity index (χ2v) is 6.22. The van der Waals surface area contributed by atoms with Gasteiger partial charge in [0, 0.05) is 19.7 Å². The molecule has 3 nitrogen and oxygen atoms in total. The summed E-state index contributed by atoms with van der Waals surface area (Å²) in [5.41, 5.74) is 0. The number of nitrogens with zero attached hydrogens (tertiary/aromatic N) is 2. The van der Waals surface area contributed by atoms with Gasteiger partial charge in [0.25, 0.3) is 0 Å². The van der Waals surface area contributed by atoms with E-state index in [9.17, 15) is 0 Å². The molecule has 1 heterocycles. The Balaban J connectivity index is 0.00000191. The summed E-state index contributed by atoms with van der Waals surface area (Å²) in [5, 5.41) is 0. The highest BCUT2D eigenvalue weighted by Gasteiger charge is 2.23. The molecule has 0 saturated carbocycles. The van der Waals surface area contributed by atoms with Crippen LogP contribution in [0, 0.1) is 5.92 Å². The van der Waals surface area contributed by atoms with Gasteiger partial charge in [-0.1, -0.05) is 34.1 Å². The Morgan fingerprint density at radius 3 is 2.33 bits per heavy atom. The summed E-state index contributed by atoms with van der Waals surface area (Å²) in [5.74, 6) is 0.881. The summed E-state index contributed by atoms with van der Waals surface area (Å²) in [6.07, 6.45) is 7.00. The quantitative estimate of drug-likeness (QED) is 0.539. The SMILES string of the molecule is CC.CCCN(C)CCC(CC)CCCOC1CN(C)C1. The van der Waals surface area contributed by atoms with Crippen molar-refractivity contribution in [3.05, 3.63) is 0 Å². The van der Waals surface area contributed by atoms with Crippen molar-refractivity contribution in [1.29, 1.82) is 0 Å². The first-order chi connectivity index (χ1) is 10.2. The number of hydrogen-bond acceptors (Lipinski definition) is 3. The molecule has 0 amide bonds. The maximum absolute atomic E-state index is 5.86. The van der Waals surface area contributed by atoms with Crippen molar-refractivity contribution >= 4 is 0 Å². The number of likely N-dealkylation sites (tertiary alicyclic amines) is 1. The zero-order valence-corrected chi connectivity index (χ0v) is 15.5. The van der Waals surface area contributed by atoms with E-state index in [1.807, 2.05) is 13.8 Å². The second kappa shape index (κ2) is 13.5. The van der Waals surface area contributed by atoms with E-state index in [0.29, 0.717) is 6.10 Å². The van der Waals surface area contributed by atoms with Crippen molar-refractivity contribution in [2.24, 2.45) is 5.92 Å². The minimum Gasteiger partial charge on any atom is -0.376 e. The minimum atomic E-state index is 0.515. The molecule has 0 aromatic carbocycles. The van der Waals surface area contributed by atoms with Gasteiger partial charge in [0.15, 0.2) is 0 Å². The maximum atomic E-state index is 5.86. The molecular weight excluding hydrogens is 260 g/mol. The van der Waals surface area contributed by atoms with Crippen molar-refractivity contribution in [2.75, 3.05) is 46.9 Å². The molecule has 1 rings (SSSR count). The van der Waals surface area contributed by atoms with Gasteiger partial charge in [-0.25, -0.2) is 0 Å². The van der Waals surface area contributed by atoms with Crippen LogP contribution in [0.2, 0.25) is 0 Å². The molecule has 0 aromatic heterocycles. The molecule has 3 heteroatoms. The van der Waals surface area contributed by atoms with Crippen molar-refractivity contribution in [1.82, 2.24) is 9.80 Å². The van der Waals surface area contributed by atoms with Crippen LogP contribution in [0.4, 0.5) is 0 Å². The fourth-order valence-electron chi connectivity index (χ4n) is 2.82. The third kappa shape index (κ3) is 10.3. The van der Waals surface area contributed by atoms with Crippen LogP contribution in [-0.4, -0.2) is 62.8 Å². The molecule has 1 aliphatic heterocycles. The first-order valence-electron chi connectivity index (χ1n) is 9.14. The van der Waals surface area contributed by atoms with Crippen LogP contribution in [0.3, 0.4) is 0 Å². The highest BCUT2D eigenvalue weighted by molar-refractivity contribution is 4.77. The van der Waals surface area contributed by atoms with Crippen LogP contribution in [0.15, 0.2) is 0 Å². The van der Waals surface area contributed by atoms with Crippen LogP contribution >= 0.6 is 0 Å². The summed E-state index contributed by atoms with van der Waals surface area (Å²) < 4.78 is 5.86. The van der Waals surface area contributed by atoms with Gasteiger partial charge in [-0.2, -0.15) is 0 Å². The summed E-state index contributed by atoms with van der Waals surface area (Å²) >= 11 is 0. The van der Waals surface area contributed by atoms with Gasteiger partial charge >= 0.3 is 0 Å². The van der Waals surface area contributed by atoms with Gasteiger partial charge in [0.05, 0.1) is 6.10 Å². The van der Waals surface area contributed by atoms with Gasteiger partial charge in [-0.05, 0) is 58.8 Å². The number of hydrogen-bond donors (Lipinski definition) is 0. The lowest BCUT2D eigenvalue weighted by molar-refractivity contribution is -0.0449. The van der Waals surface area contributed by atoms with Crippen LogP contribution in [0.25, 0.3) is 0 Å². The van der Waals surface area contributed by atoms with Crippen molar-refractivity contribution < 1.29 is 4.74 Å². The molecule has 0 bridgehead atoms. The molecule has 1 fully saturated rings. The van der Waals surface area contributed by atoms with Crippen molar-refractivity contribution in [3.8, 4) is 0 Å². The summed E-state index contributed by atoms with van der Waals surface area (Å²) in [6.45, 7) is 14.3. The molecule has 0 spiro atoms. The van der Waals surface area contributed by atoms with Gasteiger partial charge in [-0.15, -0.1) is 0 Å². The number of rotatable bonds is 11. The highest BCUT2D eigenvalue weighted by Crippen LogP contribution is 2.17. The van der Waals surface area contributed by atoms with Crippen LogP contribution in [0.1, 0.15) is 59.8 Å². The molecule has 0 aromatic rings. The summed E-state index contributed by atoms with van der Waals surface area (Å²) in [7, 11) is 4.40. The molecule has 1 unspecified atom stereocenters. The topological polar surface area (TPSA) is 15.7 Å².